The summed E-state index contributed by atoms with van der Waals surface area (Å²) in [7, 11) is -1.52. The molecule has 0 aromatic heterocycles. The van der Waals surface area contributed by atoms with Crippen molar-refractivity contribution in [2.24, 2.45) is 0 Å². The number of nitrogens with zero attached hydrogens (tertiary/aromatic N) is 3. The average molecular weight is 613 g/mol. The summed E-state index contributed by atoms with van der Waals surface area (Å²) >= 11 is 0. The van der Waals surface area contributed by atoms with E-state index in [4.69, 9.17) is 0 Å². The van der Waals surface area contributed by atoms with E-state index >= 15 is 0 Å². The monoisotopic (exact) mass is 612 g/mol. The fourth-order valence-corrected chi connectivity index (χ4v) is 6.26. The molecule has 0 heterocycles. The number of hydrogen-bond acceptors (Lipinski definition) is 4. The Labute approximate surface area is 252 Å². The second-order valence-electron chi connectivity index (χ2n) is 11.0. The third-order valence-electron chi connectivity index (χ3n) is 7.62. The van der Waals surface area contributed by atoms with E-state index < -0.39 is 40.3 Å². The van der Waals surface area contributed by atoms with Crippen LogP contribution < -0.4 is 9.62 Å². The summed E-state index contributed by atoms with van der Waals surface area (Å²) in [6, 6.07) is 18.7. The van der Waals surface area contributed by atoms with E-state index in [1.165, 1.54) is 55.4 Å². The van der Waals surface area contributed by atoms with Crippen LogP contribution in [0.5, 0.6) is 0 Å². The van der Waals surface area contributed by atoms with Gasteiger partial charge in [0.05, 0.1) is 5.69 Å². The summed E-state index contributed by atoms with van der Waals surface area (Å²) in [6.07, 6.45) is 4.98. The Morgan fingerprint density at radius 3 is 2.00 bits per heavy atom. The zero-order chi connectivity index (χ0) is 31.0. The van der Waals surface area contributed by atoms with Gasteiger partial charge in [-0.2, -0.15) is 12.7 Å². The van der Waals surface area contributed by atoms with Crippen LogP contribution in [0.3, 0.4) is 0 Å². The van der Waals surface area contributed by atoms with Gasteiger partial charge in [-0.1, -0.05) is 61.7 Å². The molecular weight excluding hydrogens is 574 g/mol. The molecule has 43 heavy (non-hydrogen) atoms. The van der Waals surface area contributed by atoms with Crippen molar-refractivity contribution in [1.29, 1.82) is 0 Å². The van der Waals surface area contributed by atoms with Gasteiger partial charge in [0.1, 0.15) is 24.2 Å². The van der Waals surface area contributed by atoms with Crippen LogP contribution in [-0.2, 0) is 32.8 Å². The lowest BCUT2D eigenvalue weighted by Crippen LogP contribution is -2.55. The molecule has 3 aromatic rings. The standard InChI is InChI=1S/C32H38F2N4O4S/c1-36(2)43(41,42)38(29-19-17-27(34)18-20-29)23-31(39)37(22-25-13-15-26(33)16-14-25)30(21-24-9-5-3-6-10-24)32(40)35-28-11-7-4-8-12-28/h3,5-6,9-10,13-20,28,30H,4,7-8,11-12,21-23H2,1-2H3,(H,35,40)/t30-/m1/s1. The summed E-state index contributed by atoms with van der Waals surface area (Å²) in [5.74, 6) is -1.98. The molecule has 1 fully saturated rings. The van der Waals surface area contributed by atoms with Crippen LogP contribution in [0.25, 0.3) is 0 Å². The zero-order valence-corrected chi connectivity index (χ0v) is 25.3. The molecule has 1 atom stereocenters. The van der Waals surface area contributed by atoms with Crippen molar-refractivity contribution in [2.75, 3.05) is 24.9 Å². The highest BCUT2D eigenvalue weighted by Crippen LogP contribution is 2.23. The predicted molar refractivity (Wildman–Crippen MR) is 162 cm³/mol. The van der Waals surface area contributed by atoms with E-state index in [2.05, 4.69) is 5.32 Å². The summed E-state index contributed by atoms with van der Waals surface area (Å²) in [5.41, 5.74) is 1.48. The SMILES string of the molecule is CN(C)S(=O)(=O)N(CC(=O)N(Cc1ccc(F)cc1)[C@H](Cc1ccccc1)C(=O)NC1CCCCC1)c1ccc(F)cc1. The van der Waals surface area contributed by atoms with Gasteiger partial charge in [-0.05, 0) is 60.4 Å². The number of amides is 2. The molecule has 8 nitrogen and oxygen atoms in total. The number of carbonyl (C=O) groups is 2. The number of benzene rings is 3. The average Bonchev–Trinajstić information content (AvgIpc) is 3.00. The van der Waals surface area contributed by atoms with Crippen LogP contribution in [0.4, 0.5) is 14.5 Å². The van der Waals surface area contributed by atoms with E-state index in [0.717, 1.165) is 58.4 Å². The van der Waals surface area contributed by atoms with E-state index in [1.807, 2.05) is 30.3 Å². The van der Waals surface area contributed by atoms with Crippen LogP contribution >= 0.6 is 0 Å². The van der Waals surface area contributed by atoms with Crippen LogP contribution in [-0.4, -0.2) is 62.2 Å². The van der Waals surface area contributed by atoms with Crippen molar-refractivity contribution >= 4 is 27.7 Å². The van der Waals surface area contributed by atoms with Crippen LogP contribution in [0.1, 0.15) is 43.2 Å². The van der Waals surface area contributed by atoms with E-state index in [0.29, 0.717) is 5.56 Å². The van der Waals surface area contributed by atoms with Crippen LogP contribution in [0.15, 0.2) is 78.9 Å². The Kier molecular flexibility index (Phi) is 10.9. The number of carbonyl (C=O) groups excluding carboxylic acids is 2. The summed E-state index contributed by atoms with van der Waals surface area (Å²) < 4.78 is 56.1. The van der Waals surface area contributed by atoms with Crippen molar-refractivity contribution < 1.29 is 26.8 Å². The molecule has 0 aliphatic heterocycles. The highest BCUT2D eigenvalue weighted by Gasteiger charge is 2.35. The molecule has 230 valence electrons. The molecular formula is C32H38F2N4O4S. The number of hydrogen-bond donors (Lipinski definition) is 1. The first-order valence-corrected chi connectivity index (χ1v) is 15.8. The van der Waals surface area contributed by atoms with Gasteiger partial charge >= 0.3 is 10.2 Å². The van der Waals surface area contributed by atoms with Gasteiger partial charge in [-0.25, -0.2) is 13.1 Å². The molecule has 1 aliphatic rings. The van der Waals surface area contributed by atoms with Gasteiger partial charge in [0, 0.05) is 33.1 Å². The number of nitrogens with one attached hydrogen (secondary N) is 1. The molecule has 0 unspecified atom stereocenters. The maximum Gasteiger partial charge on any atom is 0.304 e. The molecule has 1 saturated carbocycles. The summed E-state index contributed by atoms with van der Waals surface area (Å²) in [6.45, 7) is -0.705. The fraction of sp³-hybridized carbons (Fsp3) is 0.375. The number of halogens is 2. The lowest BCUT2D eigenvalue weighted by molar-refractivity contribution is -0.140. The van der Waals surface area contributed by atoms with Crippen LogP contribution in [0.2, 0.25) is 0 Å². The van der Waals surface area contributed by atoms with Crippen molar-refractivity contribution in [3.8, 4) is 0 Å². The highest BCUT2D eigenvalue weighted by molar-refractivity contribution is 7.90. The summed E-state index contributed by atoms with van der Waals surface area (Å²) in [4.78, 5) is 29.6. The first-order chi connectivity index (χ1) is 20.5. The highest BCUT2D eigenvalue weighted by atomic mass is 32.2. The predicted octanol–water partition coefficient (Wildman–Crippen LogP) is 4.67. The molecule has 3 aromatic carbocycles. The Bertz CT molecular complexity index is 1460. The quantitative estimate of drug-likeness (QED) is 0.322. The van der Waals surface area contributed by atoms with Gasteiger partial charge < -0.3 is 10.2 Å². The first-order valence-electron chi connectivity index (χ1n) is 14.4. The molecule has 1 N–H and O–H groups in total. The molecule has 1 aliphatic carbocycles. The molecule has 11 heteroatoms. The van der Waals surface area contributed by atoms with Gasteiger partial charge in [0.15, 0.2) is 0 Å². The maximum atomic E-state index is 14.2. The Morgan fingerprint density at radius 1 is 0.837 bits per heavy atom. The zero-order valence-electron chi connectivity index (χ0n) is 24.5. The lowest BCUT2D eigenvalue weighted by atomic mass is 9.94. The summed E-state index contributed by atoms with van der Waals surface area (Å²) in [5, 5.41) is 3.13. The third-order valence-corrected chi connectivity index (χ3v) is 9.44. The fourth-order valence-electron chi connectivity index (χ4n) is 5.21. The minimum Gasteiger partial charge on any atom is -0.352 e. The number of anilines is 1. The van der Waals surface area contributed by atoms with E-state index in [1.54, 1.807) is 0 Å². The van der Waals surface area contributed by atoms with Crippen molar-refractivity contribution in [3.05, 3.63) is 102 Å². The van der Waals surface area contributed by atoms with E-state index in [-0.39, 0.29) is 30.6 Å². The van der Waals surface area contributed by atoms with Crippen molar-refractivity contribution in [3.63, 3.8) is 0 Å². The molecule has 0 spiro atoms. The maximum absolute atomic E-state index is 14.2. The molecule has 0 saturated heterocycles. The van der Waals surface area contributed by atoms with Gasteiger partial charge in [0.2, 0.25) is 11.8 Å². The first kappa shape index (κ1) is 32.1. The van der Waals surface area contributed by atoms with Crippen LogP contribution in [0, 0.1) is 11.6 Å². The van der Waals surface area contributed by atoms with Gasteiger partial charge in [-0.3, -0.25) is 9.59 Å². The minimum atomic E-state index is -4.19. The molecule has 0 radical (unpaired) electrons. The number of rotatable bonds is 12. The molecule has 0 bridgehead atoms. The Hall–Kier alpha value is -3.83. The lowest BCUT2D eigenvalue weighted by Gasteiger charge is -2.35. The van der Waals surface area contributed by atoms with Gasteiger partial charge in [-0.15, -0.1) is 0 Å². The normalized spacial score (nSPS) is 14.7. The Morgan fingerprint density at radius 2 is 1.42 bits per heavy atom. The van der Waals surface area contributed by atoms with Gasteiger partial charge in [0.25, 0.3) is 0 Å². The second-order valence-corrected chi connectivity index (χ2v) is 13.0. The smallest absolute Gasteiger partial charge is 0.304 e. The van der Waals surface area contributed by atoms with Crippen molar-refractivity contribution in [2.45, 2.75) is 57.2 Å². The van der Waals surface area contributed by atoms with E-state index in [9.17, 15) is 26.8 Å². The topological polar surface area (TPSA) is 90.0 Å². The van der Waals surface area contributed by atoms with Crippen molar-refractivity contribution in [1.82, 2.24) is 14.5 Å². The molecule has 4 rings (SSSR count). The third kappa shape index (κ3) is 8.61. The largest absolute Gasteiger partial charge is 0.352 e. The second kappa shape index (κ2) is 14.6. The minimum absolute atomic E-state index is 0.0212. The molecule has 2 amide bonds. The Balaban J connectivity index is 1.74.